The number of carbonyl (C=O) groups is 1. The van der Waals surface area contributed by atoms with Crippen LogP contribution in [0.5, 0.6) is 0 Å². The van der Waals surface area contributed by atoms with E-state index in [-0.39, 0.29) is 28.9 Å². The summed E-state index contributed by atoms with van der Waals surface area (Å²) in [5.41, 5.74) is 1.55. The highest BCUT2D eigenvalue weighted by Gasteiger charge is 2.20. The summed E-state index contributed by atoms with van der Waals surface area (Å²) in [6, 6.07) is 9.76. The second kappa shape index (κ2) is 8.79. The van der Waals surface area contributed by atoms with Gasteiger partial charge in [0, 0.05) is 18.9 Å². The average molecular weight is 387 g/mol. The fourth-order valence-electron chi connectivity index (χ4n) is 2.42. The maximum absolute atomic E-state index is 13.9. The first-order chi connectivity index (χ1) is 13.0. The molecule has 0 radical (unpaired) electrons. The van der Waals surface area contributed by atoms with Crippen molar-refractivity contribution >= 4 is 17.1 Å². The molecule has 0 spiro atoms. The van der Waals surface area contributed by atoms with E-state index in [1.54, 1.807) is 43.6 Å². The van der Waals surface area contributed by atoms with Gasteiger partial charge in [-0.05, 0) is 41.9 Å². The smallest absolute Gasteiger partial charge is 0.270 e. The quantitative estimate of drug-likeness (QED) is 0.630. The fourth-order valence-corrected chi connectivity index (χ4v) is 3.49. The Bertz CT molecular complexity index is 918. The Morgan fingerprint density at radius 3 is 2.85 bits per heavy atom. The predicted octanol–water partition coefficient (Wildman–Crippen LogP) is 2.75. The van der Waals surface area contributed by atoms with E-state index in [9.17, 15) is 13.7 Å². The molecule has 0 aliphatic carbocycles. The van der Waals surface area contributed by atoms with Crippen LogP contribution in [0.4, 0.5) is 4.39 Å². The SMILES string of the molecule is Cc1oc(-c2ccccc2F)nc1C[S+]([O-])CC(=O)NCc1cccnc1. The molecule has 3 rings (SSSR count). The van der Waals surface area contributed by atoms with Crippen molar-refractivity contribution in [2.24, 2.45) is 0 Å². The van der Waals surface area contributed by atoms with E-state index in [1.807, 2.05) is 6.07 Å². The van der Waals surface area contributed by atoms with Gasteiger partial charge in [0.15, 0.2) is 11.5 Å². The molecule has 140 valence electrons. The van der Waals surface area contributed by atoms with E-state index in [4.69, 9.17) is 4.42 Å². The normalized spacial score (nSPS) is 12.0. The number of hydrogen-bond donors (Lipinski definition) is 1. The molecule has 0 saturated carbocycles. The largest absolute Gasteiger partial charge is 0.616 e. The van der Waals surface area contributed by atoms with Gasteiger partial charge in [-0.15, -0.1) is 0 Å². The number of halogens is 1. The van der Waals surface area contributed by atoms with Crippen LogP contribution in [-0.4, -0.2) is 26.2 Å². The molecule has 0 aliphatic heterocycles. The van der Waals surface area contributed by atoms with E-state index < -0.39 is 17.0 Å². The van der Waals surface area contributed by atoms with E-state index in [1.165, 1.54) is 6.07 Å². The first kappa shape index (κ1) is 19.1. The van der Waals surface area contributed by atoms with Crippen molar-refractivity contribution in [2.75, 3.05) is 5.75 Å². The highest BCUT2D eigenvalue weighted by atomic mass is 32.2. The Labute approximate surface area is 159 Å². The van der Waals surface area contributed by atoms with Crippen molar-refractivity contribution in [2.45, 2.75) is 19.2 Å². The van der Waals surface area contributed by atoms with Crippen molar-refractivity contribution in [1.82, 2.24) is 15.3 Å². The average Bonchev–Trinajstić information content (AvgIpc) is 3.01. The lowest BCUT2D eigenvalue weighted by Gasteiger charge is -2.10. The van der Waals surface area contributed by atoms with Gasteiger partial charge >= 0.3 is 0 Å². The number of aryl methyl sites for hydroxylation is 1. The molecule has 1 N–H and O–H groups in total. The minimum absolute atomic E-state index is 0.0596. The third-order valence-corrected chi connectivity index (χ3v) is 4.98. The van der Waals surface area contributed by atoms with Gasteiger partial charge in [-0.2, -0.15) is 0 Å². The van der Waals surface area contributed by atoms with Crippen molar-refractivity contribution in [3.05, 3.63) is 71.6 Å². The zero-order valence-electron chi connectivity index (χ0n) is 14.6. The number of benzene rings is 1. The number of aromatic nitrogens is 2. The molecule has 1 amide bonds. The molecule has 0 bridgehead atoms. The number of rotatable bonds is 7. The summed E-state index contributed by atoms with van der Waals surface area (Å²) < 4.78 is 31.6. The van der Waals surface area contributed by atoms with Gasteiger partial charge in [0.25, 0.3) is 5.91 Å². The Morgan fingerprint density at radius 1 is 1.30 bits per heavy atom. The standard InChI is InChI=1S/C19H18FN3O3S/c1-13-17(23-19(26-13)15-6-2-3-7-16(15)20)11-27(25)12-18(24)22-10-14-5-4-8-21-9-14/h2-9H,10-12H2,1H3,(H,22,24). The summed E-state index contributed by atoms with van der Waals surface area (Å²) in [5, 5.41) is 2.70. The summed E-state index contributed by atoms with van der Waals surface area (Å²) in [5.74, 6) is -0.268. The van der Waals surface area contributed by atoms with Crippen molar-refractivity contribution in [1.29, 1.82) is 0 Å². The highest BCUT2D eigenvalue weighted by Crippen LogP contribution is 2.25. The molecular weight excluding hydrogens is 369 g/mol. The Kier molecular flexibility index (Phi) is 6.20. The Hall–Kier alpha value is -2.71. The lowest BCUT2D eigenvalue weighted by atomic mass is 10.2. The van der Waals surface area contributed by atoms with Crippen molar-refractivity contribution in [3.63, 3.8) is 0 Å². The van der Waals surface area contributed by atoms with Gasteiger partial charge in [0.2, 0.25) is 5.89 Å². The third-order valence-electron chi connectivity index (χ3n) is 3.80. The van der Waals surface area contributed by atoms with Crippen LogP contribution in [0, 0.1) is 12.7 Å². The number of nitrogens with one attached hydrogen (secondary N) is 1. The van der Waals surface area contributed by atoms with Gasteiger partial charge in [-0.1, -0.05) is 18.2 Å². The summed E-state index contributed by atoms with van der Waals surface area (Å²) in [7, 11) is 0. The molecule has 2 heterocycles. The van der Waals surface area contributed by atoms with Gasteiger partial charge in [0.05, 0.1) is 5.56 Å². The lowest BCUT2D eigenvalue weighted by Crippen LogP contribution is -2.30. The van der Waals surface area contributed by atoms with Crippen LogP contribution in [0.3, 0.4) is 0 Å². The van der Waals surface area contributed by atoms with Crippen LogP contribution in [0.25, 0.3) is 11.5 Å². The molecule has 0 fully saturated rings. The Balaban J connectivity index is 1.57. The molecule has 27 heavy (non-hydrogen) atoms. The molecule has 2 aromatic heterocycles. The van der Waals surface area contributed by atoms with Gasteiger partial charge in [-0.3, -0.25) is 9.78 Å². The second-order valence-electron chi connectivity index (χ2n) is 5.87. The first-order valence-electron chi connectivity index (χ1n) is 8.24. The van der Waals surface area contributed by atoms with Gasteiger partial charge in [0.1, 0.15) is 17.3 Å². The van der Waals surface area contributed by atoms with Crippen LogP contribution in [-0.2, 0) is 28.3 Å². The number of nitrogens with zero attached hydrogens (tertiary/aromatic N) is 2. The summed E-state index contributed by atoms with van der Waals surface area (Å²) in [6.45, 7) is 2.00. The van der Waals surface area contributed by atoms with Gasteiger partial charge in [-0.25, -0.2) is 9.37 Å². The maximum Gasteiger partial charge on any atom is 0.270 e. The predicted molar refractivity (Wildman–Crippen MR) is 99.4 cm³/mol. The Morgan fingerprint density at radius 2 is 2.11 bits per heavy atom. The highest BCUT2D eigenvalue weighted by molar-refractivity contribution is 7.91. The molecule has 6 nitrogen and oxygen atoms in total. The molecule has 0 saturated heterocycles. The number of pyridine rings is 1. The number of hydrogen-bond acceptors (Lipinski definition) is 5. The monoisotopic (exact) mass is 387 g/mol. The lowest BCUT2D eigenvalue weighted by molar-refractivity contribution is -0.118. The minimum Gasteiger partial charge on any atom is -0.616 e. The van der Waals surface area contributed by atoms with Crippen LogP contribution < -0.4 is 5.32 Å². The van der Waals surface area contributed by atoms with Crippen LogP contribution in [0.1, 0.15) is 17.0 Å². The number of amides is 1. The second-order valence-corrected chi connectivity index (χ2v) is 7.33. The molecule has 3 aromatic rings. The molecule has 1 aromatic carbocycles. The van der Waals surface area contributed by atoms with E-state index in [0.717, 1.165) is 5.56 Å². The topological polar surface area (TPSA) is 91.1 Å². The zero-order valence-corrected chi connectivity index (χ0v) is 15.5. The van der Waals surface area contributed by atoms with E-state index in [2.05, 4.69) is 15.3 Å². The molecule has 1 unspecified atom stereocenters. The molecular formula is C19H18FN3O3S. The number of oxazole rings is 1. The van der Waals surface area contributed by atoms with Crippen LogP contribution in [0.2, 0.25) is 0 Å². The minimum atomic E-state index is -1.46. The van der Waals surface area contributed by atoms with Crippen molar-refractivity contribution < 1.29 is 18.2 Å². The summed E-state index contributed by atoms with van der Waals surface area (Å²) in [6.07, 6.45) is 3.30. The third kappa shape index (κ3) is 5.15. The van der Waals surface area contributed by atoms with Crippen LogP contribution >= 0.6 is 0 Å². The summed E-state index contributed by atoms with van der Waals surface area (Å²) in [4.78, 5) is 20.2. The van der Waals surface area contributed by atoms with E-state index >= 15 is 0 Å². The van der Waals surface area contributed by atoms with Crippen molar-refractivity contribution in [3.8, 4) is 11.5 Å². The molecule has 8 heteroatoms. The first-order valence-corrected chi connectivity index (χ1v) is 9.73. The maximum atomic E-state index is 13.9. The molecule has 1 atom stereocenters. The summed E-state index contributed by atoms with van der Waals surface area (Å²) >= 11 is -1.46. The fraction of sp³-hybridized carbons (Fsp3) is 0.211. The molecule has 0 aliphatic rings. The van der Waals surface area contributed by atoms with Crippen LogP contribution in [0.15, 0.2) is 53.2 Å². The number of carbonyl (C=O) groups excluding carboxylic acids is 1. The van der Waals surface area contributed by atoms with E-state index in [0.29, 0.717) is 18.0 Å². The van der Waals surface area contributed by atoms with Gasteiger partial charge < -0.3 is 14.3 Å². The zero-order chi connectivity index (χ0) is 19.2.